The van der Waals surface area contributed by atoms with Gasteiger partial charge in [-0.1, -0.05) is 24.3 Å². The molecular formula is C22H28N6O. The van der Waals surface area contributed by atoms with Gasteiger partial charge in [-0.15, -0.1) is 0 Å². The minimum atomic E-state index is 0.190. The minimum Gasteiger partial charge on any atom is -0.355 e. The number of para-hydroxylation sites is 1. The summed E-state index contributed by atoms with van der Waals surface area (Å²) in [6.45, 7) is 4.63. The first-order valence-electron chi connectivity index (χ1n) is 10.3. The average molecular weight is 393 g/mol. The fourth-order valence-electron chi connectivity index (χ4n) is 4.02. The highest BCUT2D eigenvalue weighted by atomic mass is 16.2. The maximum atomic E-state index is 12.6. The van der Waals surface area contributed by atoms with E-state index in [4.69, 9.17) is 0 Å². The molecule has 1 aromatic carbocycles. The van der Waals surface area contributed by atoms with Gasteiger partial charge in [0.05, 0.1) is 0 Å². The number of rotatable bonds is 4. The van der Waals surface area contributed by atoms with Crippen molar-refractivity contribution in [1.29, 1.82) is 0 Å². The molecule has 0 spiro atoms. The molecule has 0 atom stereocenters. The average Bonchev–Trinajstić information content (AvgIpc) is 3.21. The molecule has 1 aromatic heterocycles. The maximum Gasteiger partial charge on any atom is 0.224 e. The summed E-state index contributed by atoms with van der Waals surface area (Å²) in [5.74, 6) is 2.01. The predicted molar refractivity (Wildman–Crippen MR) is 117 cm³/mol. The molecule has 4 rings (SSSR count). The van der Waals surface area contributed by atoms with Gasteiger partial charge >= 0.3 is 0 Å². The smallest absolute Gasteiger partial charge is 0.224 e. The van der Waals surface area contributed by atoms with Crippen LogP contribution in [0.3, 0.4) is 0 Å². The maximum absolute atomic E-state index is 12.6. The topological polar surface area (TPSA) is 64.1 Å². The van der Waals surface area contributed by atoms with Crippen molar-refractivity contribution < 1.29 is 4.79 Å². The van der Waals surface area contributed by atoms with E-state index in [1.807, 2.05) is 29.3 Å². The number of aromatic nitrogens is 1. The second-order valence-corrected chi connectivity index (χ2v) is 7.31. The number of nitrogens with zero attached hydrogens (tertiary/aromatic N) is 5. The molecule has 7 nitrogen and oxygen atoms in total. The van der Waals surface area contributed by atoms with Crippen molar-refractivity contribution in [3.63, 3.8) is 0 Å². The summed E-state index contributed by atoms with van der Waals surface area (Å²) in [5, 5.41) is 3.36. The number of pyridine rings is 1. The molecule has 2 aliphatic heterocycles. The lowest BCUT2D eigenvalue weighted by Gasteiger charge is -2.35. The van der Waals surface area contributed by atoms with Gasteiger partial charge in [0.15, 0.2) is 5.96 Å². The molecular weight excluding hydrogens is 364 g/mol. The Kier molecular flexibility index (Phi) is 5.93. The Balaban J connectivity index is 1.24. The summed E-state index contributed by atoms with van der Waals surface area (Å²) in [5.41, 5.74) is 2.55. The van der Waals surface area contributed by atoms with Crippen molar-refractivity contribution >= 4 is 23.4 Å². The molecule has 2 aromatic rings. The van der Waals surface area contributed by atoms with Gasteiger partial charge in [0.1, 0.15) is 5.82 Å². The Labute approximate surface area is 172 Å². The number of hydrogen-bond donors (Lipinski definition) is 1. The van der Waals surface area contributed by atoms with Gasteiger partial charge in [0.25, 0.3) is 0 Å². The van der Waals surface area contributed by atoms with Crippen LogP contribution in [0.25, 0.3) is 0 Å². The van der Waals surface area contributed by atoms with Crippen molar-refractivity contribution in [3.8, 4) is 0 Å². The number of guanidine groups is 1. The molecule has 0 bridgehead atoms. The number of piperazine rings is 1. The summed E-state index contributed by atoms with van der Waals surface area (Å²) in [4.78, 5) is 27.8. The van der Waals surface area contributed by atoms with Crippen LogP contribution in [0.4, 0.5) is 11.5 Å². The van der Waals surface area contributed by atoms with E-state index in [9.17, 15) is 4.79 Å². The highest BCUT2D eigenvalue weighted by Gasteiger charge is 2.24. The molecule has 0 radical (unpaired) electrons. The molecule has 29 heavy (non-hydrogen) atoms. The Morgan fingerprint density at radius 2 is 1.86 bits per heavy atom. The minimum absolute atomic E-state index is 0.190. The van der Waals surface area contributed by atoms with E-state index in [1.54, 1.807) is 7.05 Å². The lowest BCUT2D eigenvalue weighted by Crippen LogP contribution is -2.49. The van der Waals surface area contributed by atoms with Crippen LogP contribution in [0.2, 0.25) is 0 Å². The molecule has 1 fully saturated rings. The normalized spacial score (nSPS) is 16.7. The van der Waals surface area contributed by atoms with Crippen molar-refractivity contribution in [2.45, 2.75) is 12.8 Å². The zero-order chi connectivity index (χ0) is 20.1. The van der Waals surface area contributed by atoms with Crippen LogP contribution in [-0.4, -0.2) is 68.1 Å². The van der Waals surface area contributed by atoms with Crippen LogP contribution < -0.4 is 15.1 Å². The zero-order valence-electron chi connectivity index (χ0n) is 16.9. The van der Waals surface area contributed by atoms with Gasteiger partial charge in [-0.2, -0.15) is 0 Å². The summed E-state index contributed by atoms with van der Waals surface area (Å²) in [6, 6.07) is 14.4. The van der Waals surface area contributed by atoms with Crippen LogP contribution >= 0.6 is 0 Å². The lowest BCUT2D eigenvalue weighted by atomic mass is 10.2. The largest absolute Gasteiger partial charge is 0.355 e. The Morgan fingerprint density at radius 3 is 2.62 bits per heavy atom. The third-order valence-electron chi connectivity index (χ3n) is 5.58. The summed E-state index contributed by atoms with van der Waals surface area (Å²) < 4.78 is 0. The molecule has 1 amide bonds. The predicted octanol–water partition coefficient (Wildman–Crippen LogP) is 1.76. The number of amides is 1. The van der Waals surface area contributed by atoms with Gasteiger partial charge < -0.3 is 20.0 Å². The molecule has 1 saturated heterocycles. The van der Waals surface area contributed by atoms with Crippen molar-refractivity contribution in [1.82, 2.24) is 15.2 Å². The number of hydrogen-bond acceptors (Lipinski definition) is 4. The highest BCUT2D eigenvalue weighted by Crippen LogP contribution is 2.27. The standard InChI is InChI=1S/C22H28N6O/c1-23-22(28-13-10-18-6-2-3-7-19(18)28)25-12-9-21(29)27-16-14-26(15-17-27)20-8-4-5-11-24-20/h2-8,11H,9-10,12-17H2,1H3,(H,23,25). The molecule has 0 saturated carbocycles. The van der Waals surface area contributed by atoms with E-state index in [1.165, 1.54) is 11.3 Å². The monoisotopic (exact) mass is 392 g/mol. The molecule has 0 aliphatic carbocycles. The Bertz CT molecular complexity index is 861. The number of nitrogens with one attached hydrogen (secondary N) is 1. The van der Waals surface area contributed by atoms with Gasteiger partial charge in [0, 0.05) is 64.6 Å². The number of fused-ring (bicyclic) bond motifs is 1. The second kappa shape index (κ2) is 8.94. The van der Waals surface area contributed by atoms with Crippen molar-refractivity contribution in [2.24, 2.45) is 4.99 Å². The van der Waals surface area contributed by atoms with Gasteiger partial charge in [-0.25, -0.2) is 4.98 Å². The first-order chi connectivity index (χ1) is 14.3. The van der Waals surface area contributed by atoms with Crippen LogP contribution in [0.15, 0.2) is 53.7 Å². The van der Waals surface area contributed by atoms with Gasteiger partial charge in [-0.3, -0.25) is 9.79 Å². The Morgan fingerprint density at radius 1 is 1.07 bits per heavy atom. The fraction of sp³-hybridized carbons (Fsp3) is 0.409. The highest BCUT2D eigenvalue weighted by molar-refractivity contribution is 5.98. The first kappa shape index (κ1) is 19.2. The number of aliphatic imine (C=N–C) groups is 1. The summed E-state index contributed by atoms with van der Waals surface area (Å²) >= 11 is 0. The molecule has 1 N–H and O–H groups in total. The lowest BCUT2D eigenvalue weighted by molar-refractivity contribution is -0.131. The number of anilines is 2. The summed E-state index contributed by atoms with van der Waals surface area (Å²) in [6.07, 6.45) is 3.30. The van der Waals surface area contributed by atoms with E-state index < -0.39 is 0 Å². The van der Waals surface area contributed by atoms with E-state index in [-0.39, 0.29) is 5.91 Å². The van der Waals surface area contributed by atoms with E-state index >= 15 is 0 Å². The Hall–Kier alpha value is -3.09. The van der Waals surface area contributed by atoms with Crippen LogP contribution in [0.1, 0.15) is 12.0 Å². The SMILES string of the molecule is CN=C(NCCC(=O)N1CCN(c2ccccn2)CC1)N1CCc2ccccc21. The van der Waals surface area contributed by atoms with E-state index in [2.05, 4.69) is 49.4 Å². The van der Waals surface area contributed by atoms with E-state index in [0.717, 1.165) is 50.9 Å². The zero-order valence-corrected chi connectivity index (χ0v) is 16.9. The van der Waals surface area contributed by atoms with Crippen molar-refractivity contribution in [2.75, 3.05) is 56.1 Å². The number of carbonyl (C=O) groups excluding carboxylic acids is 1. The molecule has 0 unspecified atom stereocenters. The van der Waals surface area contributed by atoms with Gasteiger partial charge in [0.2, 0.25) is 5.91 Å². The van der Waals surface area contributed by atoms with Crippen molar-refractivity contribution in [3.05, 3.63) is 54.2 Å². The number of benzene rings is 1. The second-order valence-electron chi connectivity index (χ2n) is 7.31. The van der Waals surface area contributed by atoms with Gasteiger partial charge in [-0.05, 0) is 30.2 Å². The molecule has 3 heterocycles. The molecule has 152 valence electrons. The quantitative estimate of drug-likeness (QED) is 0.635. The first-order valence-corrected chi connectivity index (χ1v) is 10.3. The molecule has 7 heteroatoms. The van der Waals surface area contributed by atoms with Crippen LogP contribution in [0.5, 0.6) is 0 Å². The third-order valence-corrected chi connectivity index (χ3v) is 5.58. The number of carbonyl (C=O) groups is 1. The summed E-state index contributed by atoms with van der Waals surface area (Å²) in [7, 11) is 1.79. The van der Waals surface area contributed by atoms with E-state index in [0.29, 0.717) is 13.0 Å². The van der Waals surface area contributed by atoms with Crippen LogP contribution in [0, 0.1) is 0 Å². The molecule has 2 aliphatic rings. The van der Waals surface area contributed by atoms with Crippen LogP contribution in [-0.2, 0) is 11.2 Å². The third kappa shape index (κ3) is 4.34. The fourth-order valence-corrected chi connectivity index (χ4v) is 4.02.